The van der Waals surface area contributed by atoms with Crippen molar-refractivity contribution in [2.45, 2.75) is 102 Å². The van der Waals surface area contributed by atoms with Gasteiger partial charge in [-0.15, -0.1) is 11.8 Å². The fraction of sp³-hybridized carbons (Fsp3) is 0.575. The topological polar surface area (TPSA) is 127 Å². The molecule has 2 N–H and O–H groups in total. The first-order valence-electron chi connectivity index (χ1n) is 18.6. The molecule has 1 unspecified atom stereocenters. The molecule has 0 bridgehead atoms. The second-order valence-electron chi connectivity index (χ2n) is 14.9. The van der Waals surface area contributed by atoms with E-state index in [1.807, 2.05) is 57.5 Å². The number of pyridine rings is 2. The number of aromatic nitrogens is 2. The van der Waals surface area contributed by atoms with Crippen LogP contribution in [0.4, 0.5) is 5.82 Å². The van der Waals surface area contributed by atoms with Gasteiger partial charge in [0.2, 0.25) is 0 Å². The number of rotatable bonds is 12. The number of carbonyl (C=O) groups is 1. The Kier molecular flexibility index (Phi) is 12.1. The van der Waals surface area contributed by atoms with Crippen LogP contribution in [0, 0.1) is 19.8 Å². The molecule has 3 aromatic rings. The van der Waals surface area contributed by atoms with Gasteiger partial charge in [0.25, 0.3) is 17.3 Å². The molecule has 0 radical (unpaired) electrons. The molecule has 1 saturated heterocycles. The van der Waals surface area contributed by atoms with E-state index in [2.05, 4.69) is 41.0 Å². The number of hydrogen-bond donors (Lipinski definition) is 2. The van der Waals surface area contributed by atoms with Crippen molar-refractivity contribution in [3.63, 3.8) is 0 Å². The Labute approximate surface area is 317 Å². The average Bonchev–Trinajstić information content (AvgIpc) is 3.52. The normalized spacial score (nSPS) is 24.2. The molecule has 3 atom stereocenters. The summed E-state index contributed by atoms with van der Waals surface area (Å²) in [6, 6.07) is 8.24. The summed E-state index contributed by atoms with van der Waals surface area (Å²) in [5.74, 6) is 0.968. The summed E-state index contributed by atoms with van der Waals surface area (Å²) in [6.45, 7) is 12.2. The number of likely N-dealkylation sites (N-methyl/N-ethyl adjacent to an activating group) is 1. The van der Waals surface area contributed by atoms with Crippen molar-refractivity contribution in [1.82, 2.24) is 20.2 Å². The number of ether oxygens (including phenoxy) is 5. The van der Waals surface area contributed by atoms with Gasteiger partial charge in [0.1, 0.15) is 5.82 Å². The Morgan fingerprint density at radius 3 is 2.40 bits per heavy atom. The number of anilines is 1. The molecule has 288 valence electrons. The van der Waals surface area contributed by atoms with E-state index in [0.29, 0.717) is 40.8 Å². The van der Waals surface area contributed by atoms with Crippen molar-refractivity contribution >= 4 is 23.5 Å². The van der Waals surface area contributed by atoms with Crippen LogP contribution in [0.25, 0.3) is 11.1 Å². The minimum atomic E-state index is -0.919. The Morgan fingerprint density at radius 2 is 1.77 bits per heavy atom. The SMILES string of the molecule is COC(CN(C)C1CCC(C2(C)Oc3c(-c4ccc(N5C[C@@H](C)O[C@@H](C)C5)nc4)cc(C(=O)NCc4c(SC)cc(C)[nH]c4=O)c(C)c3O2)CC1)OC. The summed E-state index contributed by atoms with van der Waals surface area (Å²) in [6.07, 6.45) is 7.52. The fourth-order valence-corrected chi connectivity index (χ4v) is 8.77. The van der Waals surface area contributed by atoms with Crippen LogP contribution in [0.3, 0.4) is 0 Å². The van der Waals surface area contributed by atoms with Gasteiger partial charge in [-0.05, 0) is 90.9 Å². The molecule has 2 aromatic heterocycles. The van der Waals surface area contributed by atoms with Crippen LogP contribution in [0.2, 0.25) is 0 Å². The van der Waals surface area contributed by atoms with Gasteiger partial charge in [-0.2, -0.15) is 0 Å². The lowest BCUT2D eigenvalue weighted by Gasteiger charge is -2.40. The Hall–Kier alpha value is -3.62. The van der Waals surface area contributed by atoms with Crippen LogP contribution < -0.4 is 25.2 Å². The van der Waals surface area contributed by atoms with E-state index >= 15 is 0 Å². The molecule has 0 spiro atoms. The van der Waals surface area contributed by atoms with E-state index in [-0.39, 0.29) is 42.4 Å². The lowest BCUT2D eigenvalue weighted by molar-refractivity contribution is -0.133. The molecule has 3 aliphatic rings. The van der Waals surface area contributed by atoms with E-state index in [1.54, 1.807) is 14.2 Å². The van der Waals surface area contributed by atoms with Gasteiger partial charge in [-0.3, -0.25) is 14.5 Å². The van der Waals surface area contributed by atoms with Crippen molar-refractivity contribution in [3.8, 4) is 22.6 Å². The molecule has 12 nitrogen and oxygen atoms in total. The predicted molar refractivity (Wildman–Crippen MR) is 207 cm³/mol. The third-order valence-electron chi connectivity index (χ3n) is 11.0. The highest BCUT2D eigenvalue weighted by atomic mass is 32.2. The van der Waals surface area contributed by atoms with Crippen molar-refractivity contribution in [3.05, 3.63) is 63.2 Å². The highest BCUT2D eigenvalue weighted by molar-refractivity contribution is 7.98. The largest absolute Gasteiger partial charge is 0.448 e. The van der Waals surface area contributed by atoms with Crippen LogP contribution in [0.15, 0.2) is 40.2 Å². The number of amides is 1. The zero-order valence-corrected chi connectivity index (χ0v) is 33.4. The number of fused-ring (bicyclic) bond motifs is 1. The number of methoxy groups -OCH3 is 2. The van der Waals surface area contributed by atoms with Gasteiger partial charge in [-0.1, -0.05) is 0 Å². The number of H-pyrrole nitrogens is 1. The highest BCUT2D eigenvalue weighted by Gasteiger charge is 2.48. The maximum absolute atomic E-state index is 14.0. The van der Waals surface area contributed by atoms with Crippen molar-refractivity contribution in [2.24, 2.45) is 5.92 Å². The minimum Gasteiger partial charge on any atom is -0.448 e. The number of nitrogens with one attached hydrogen (secondary N) is 2. The molecule has 1 aliphatic carbocycles. The standard InChI is InChI=1S/C40H55N5O7S/c1-23-16-33(53-9)32(39(47)43-23)19-42-38(46)30-17-31(27-10-15-34(41-18-27)45-20-24(2)50-25(3)21-45)37-36(26(30)4)51-40(5,52-37)28-11-13-29(14-12-28)44(6)22-35(48-7)49-8/h10,15-18,24-25,28-29,35H,11-14,19-22H2,1-9H3,(H,42,46)(H,43,47)/t24-,25+,28?,29?,40?. The molecular weight excluding hydrogens is 695 g/mol. The molecule has 1 amide bonds. The van der Waals surface area contributed by atoms with Gasteiger partial charge < -0.3 is 38.9 Å². The lowest BCUT2D eigenvalue weighted by atomic mass is 9.81. The second-order valence-corrected chi connectivity index (χ2v) is 15.7. The number of benzene rings is 1. The molecule has 1 saturated carbocycles. The van der Waals surface area contributed by atoms with Gasteiger partial charge in [0.15, 0.2) is 17.8 Å². The molecule has 6 rings (SSSR count). The van der Waals surface area contributed by atoms with Crippen molar-refractivity contribution in [1.29, 1.82) is 0 Å². The first-order chi connectivity index (χ1) is 25.3. The van der Waals surface area contributed by atoms with Gasteiger partial charge >= 0.3 is 0 Å². The molecule has 13 heteroatoms. The van der Waals surface area contributed by atoms with E-state index < -0.39 is 5.79 Å². The summed E-state index contributed by atoms with van der Waals surface area (Å²) in [5.41, 5.74) is 3.79. The highest BCUT2D eigenvalue weighted by Crippen LogP contribution is 2.53. The van der Waals surface area contributed by atoms with E-state index in [9.17, 15) is 9.59 Å². The van der Waals surface area contributed by atoms with E-state index in [0.717, 1.165) is 66.3 Å². The predicted octanol–water partition coefficient (Wildman–Crippen LogP) is 5.92. The summed E-state index contributed by atoms with van der Waals surface area (Å²) >= 11 is 1.48. The van der Waals surface area contributed by atoms with E-state index in [1.165, 1.54) is 11.8 Å². The molecule has 4 heterocycles. The first-order valence-corrected chi connectivity index (χ1v) is 19.8. The van der Waals surface area contributed by atoms with Crippen molar-refractivity contribution < 1.29 is 28.5 Å². The Bertz CT molecular complexity index is 1820. The zero-order chi connectivity index (χ0) is 38.0. The number of aryl methyl sites for hydroxylation is 1. The van der Waals surface area contributed by atoms with Gasteiger partial charge in [0, 0.05) is 104 Å². The summed E-state index contributed by atoms with van der Waals surface area (Å²) < 4.78 is 30.5. The van der Waals surface area contributed by atoms with Crippen LogP contribution in [-0.2, 0) is 20.8 Å². The Balaban J connectivity index is 1.29. The smallest absolute Gasteiger partial charge is 0.254 e. The molecule has 2 fully saturated rings. The minimum absolute atomic E-state index is 0.0887. The van der Waals surface area contributed by atoms with Gasteiger partial charge in [-0.25, -0.2) is 4.98 Å². The van der Waals surface area contributed by atoms with Crippen LogP contribution in [0.5, 0.6) is 11.5 Å². The van der Waals surface area contributed by atoms with E-state index in [4.69, 9.17) is 28.7 Å². The van der Waals surface area contributed by atoms with Crippen LogP contribution in [-0.4, -0.2) is 98.3 Å². The van der Waals surface area contributed by atoms with Crippen LogP contribution >= 0.6 is 11.8 Å². The molecule has 53 heavy (non-hydrogen) atoms. The number of aromatic amines is 1. The molecular formula is C40H55N5O7S. The summed E-state index contributed by atoms with van der Waals surface area (Å²) in [7, 11) is 5.45. The summed E-state index contributed by atoms with van der Waals surface area (Å²) in [4.78, 5) is 40.0. The molecule has 2 aliphatic heterocycles. The van der Waals surface area contributed by atoms with Crippen LogP contribution in [0.1, 0.15) is 73.6 Å². The number of thioether (sulfide) groups is 1. The summed E-state index contributed by atoms with van der Waals surface area (Å²) in [5, 5.41) is 3.02. The average molecular weight is 750 g/mol. The third-order valence-corrected chi connectivity index (χ3v) is 11.8. The molecule has 1 aromatic carbocycles. The van der Waals surface area contributed by atoms with Gasteiger partial charge in [0.05, 0.1) is 12.2 Å². The maximum atomic E-state index is 14.0. The first kappa shape index (κ1) is 39.1. The number of morpholine rings is 1. The monoisotopic (exact) mass is 749 g/mol. The number of carbonyl (C=O) groups excluding carboxylic acids is 1. The quantitative estimate of drug-likeness (QED) is 0.169. The fourth-order valence-electron chi connectivity index (χ4n) is 8.07. The Morgan fingerprint density at radius 1 is 1.09 bits per heavy atom. The second kappa shape index (κ2) is 16.4. The maximum Gasteiger partial charge on any atom is 0.254 e. The van der Waals surface area contributed by atoms with Crippen molar-refractivity contribution in [2.75, 3.05) is 52.1 Å². The lowest BCUT2D eigenvalue weighted by Crippen LogP contribution is -2.48. The third kappa shape index (κ3) is 8.39. The number of hydrogen-bond acceptors (Lipinski definition) is 11. The zero-order valence-electron chi connectivity index (χ0n) is 32.5. The number of nitrogens with zero attached hydrogens (tertiary/aromatic N) is 3.